The van der Waals surface area contributed by atoms with Crippen LogP contribution < -0.4 is 0 Å². The van der Waals surface area contributed by atoms with E-state index in [2.05, 4.69) is 31.2 Å². The van der Waals surface area contributed by atoms with E-state index in [-0.39, 0.29) is 5.92 Å². The molecule has 0 amide bonds. The fourth-order valence-corrected chi connectivity index (χ4v) is 3.72. The molecule has 1 unspecified atom stereocenters. The Morgan fingerprint density at radius 3 is 1.78 bits per heavy atom. The van der Waals surface area contributed by atoms with Gasteiger partial charge in [-0.1, -0.05) is 69.7 Å². The van der Waals surface area contributed by atoms with Crippen LogP contribution in [-0.4, -0.2) is 25.8 Å². The summed E-state index contributed by atoms with van der Waals surface area (Å²) >= 11 is 5.97. The maximum atomic E-state index is 6.11. The molecule has 0 aromatic heterocycles. The van der Waals surface area contributed by atoms with E-state index in [0.29, 0.717) is 25.7 Å². The van der Waals surface area contributed by atoms with Gasteiger partial charge < -0.3 is 14.2 Å². The molecule has 0 radical (unpaired) electrons. The summed E-state index contributed by atoms with van der Waals surface area (Å²) in [6.07, 6.45) is 8.56. The Kier molecular flexibility index (Phi) is 13.0. The van der Waals surface area contributed by atoms with E-state index in [0.717, 1.165) is 18.4 Å². The van der Waals surface area contributed by atoms with Crippen LogP contribution in [0.3, 0.4) is 0 Å². The van der Waals surface area contributed by atoms with Crippen LogP contribution in [0.2, 0.25) is 0 Å². The molecule has 0 fully saturated rings. The van der Waals surface area contributed by atoms with Crippen LogP contribution in [-0.2, 0) is 20.1 Å². The summed E-state index contributed by atoms with van der Waals surface area (Å²) in [5.41, 5.74) is 2.31. The SMILES string of the molecule is CCCCCCCCC(c1ccc(CCl)cc1)C(OCC)(OCC)OCC. The summed E-state index contributed by atoms with van der Waals surface area (Å²) in [5, 5.41) is 0. The number of unbranched alkanes of at least 4 members (excludes halogenated alkanes) is 5. The minimum absolute atomic E-state index is 0.0351. The third kappa shape index (κ3) is 8.11. The van der Waals surface area contributed by atoms with Gasteiger partial charge in [-0.3, -0.25) is 0 Å². The number of halogens is 1. The molecule has 0 saturated heterocycles. The Balaban J connectivity index is 3.00. The van der Waals surface area contributed by atoms with E-state index < -0.39 is 5.97 Å². The highest BCUT2D eigenvalue weighted by molar-refractivity contribution is 6.17. The van der Waals surface area contributed by atoms with Gasteiger partial charge >= 0.3 is 0 Å². The van der Waals surface area contributed by atoms with Crippen LogP contribution in [0.25, 0.3) is 0 Å². The molecule has 27 heavy (non-hydrogen) atoms. The number of benzene rings is 1. The molecule has 0 saturated carbocycles. The van der Waals surface area contributed by atoms with Gasteiger partial charge in [-0.2, -0.15) is 0 Å². The Hall–Kier alpha value is -0.610. The highest BCUT2D eigenvalue weighted by Crippen LogP contribution is 2.38. The molecule has 3 nitrogen and oxygen atoms in total. The summed E-state index contributed by atoms with van der Waals surface area (Å²) in [4.78, 5) is 0. The standard InChI is InChI=1S/C23H39ClO3/c1-5-9-10-11-12-13-14-22(21-17-15-20(19-24)16-18-21)23(25-6-2,26-7-3)27-8-4/h15-18,22H,5-14,19H2,1-4H3. The smallest absolute Gasteiger partial charge is 0.290 e. The quantitative estimate of drug-likeness (QED) is 0.170. The van der Waals surface area contributed by atoms with Crippen molar-refractivity contribution in [3.05, 3.63) is 35.4 Å². The first kappa shape index (κ1) is 24.4. The molecule has 1 aromatic carbocycles. The predicted octanol–water partition coefficient (Wildman–Crippen LogP) is 7.02. The van der Waals surface area contributed by atoms with Crippen LogP contribution in [0.5, 0.6) is 0 Å². The molecule has 1 atom stereocenters. The molecule has 0 aliphatic carbocycles. The van der Waals surface area contributed by atoms with Gasteiger partial charge in [0.2, 0.25) is 0 Å². The summed E-state index contributed by atoms with van der Waals surface area (Å²) in [5.74, 6) is -0.465. The van der Waals surface area contributed by atoms with Crippen LogP contribution in [0.15, 0.2) is 24.3 Å². The molecule has 0 heterocycles. The van der Waals surface area contributed by atoms with Crippen LogP contribution in [0, 0.1) is 0 Å². The maximum absolute atomic E-state index is 6.11. The van der Waals surface area contributed by atoms with E-state index in [1.165, 1.54) is 37.7 Å². The molecule has 0 aliphatic heterocycles. The minimum Gasteiger partial charge on any atom is -0.327 e. The molecule has 0 N–H and O–H groups in total. The molecule has 0 spiro atoms. The van der Waals surface area contributed by atoms with E-state index >= 15 is 0 Å². The summed E-state index contributed by atoms with van der Waals surface area (Å²) < 4.78 is 18.3. The van der Waals surface area contributed by atoms with Crippen LogP contribution >= 0.6 is 11.6 Å². The monoisotopic (exact) mass is 398 g/mol. The summed E-state index contributed by atoms with van der Waals surface area (Å²) in [7, 11) is 0. The van der Waals surface area contributed by atoms with Crippen LogP contribution in [0.1, 0.15) is 89.7 Å². The molecule has 156 valence electrons. The van der Waals surface area contributed by atoms with Crippen molar-refractivity contribution < 1.29 is 14.2 Å². The highest BCUT2D eigenvalue weighted by atomic mass is 35.5. The van der Waals surface area contributed by atoms with Gasteiger partial charge in [0.05, 0.1) is 5.92 Å². The van der Waals surface area contributed by atoms with E-state index in [9.17, 15) is 0 Å². The number of alkyl halides is 1. The number of hydrogen-bond acceptors (Lipinski definition) is 3. The second-order valence-corrected chi connectivity index (χ2v) is 7.15. The Bertz CT molecular complexity index is 458. The number of rotatable bonds is 16. The van der Waals surface area contributed by atoms with Gasteiger partial charge in [0.1, 0.15) is 0 Å². The van der Waals surface area contributed by atoms with Crippen molar-refractivity contribution >= 4 is 11.6 Å². The Morgan fingerprint density at radius 1 is 0.778 bits per heavy atom. The van der Waals surface area contributed by atoms with Crippen LogP contribution in [0.4, 0.5) is 0 Å². The minimum atomic E-state index is -1.02. The molecule has 4 heteroatoms. The van der Waals surface area contributed by atoms with Gasteiger partial charge in [0, 0.05) is 25.7 Å². The highest BCUT2D eigenvalue weighted by Gasteiger charge is 2.42. The first-order valence-electron chi connectivity index (χ1n) is 10.7. The predicted molar refractivity (Wildman–Crippen MR) is 114 cm³/mol. The Labute approximate surface area is 171 Å². The van der Waals surface area contributed by atoms with Gasteiger partial charge in [-0.15, -0.1) is 11.6 Å². The van der Waals surface area contributed by atoms with Crippen molar-refractivity contribution in [3.8, 4) is 0 Å². The fourth-order valence-electron chi connectivity index (χ4n) is 3.55. The molecule has 0 aliphatic rings. The lowest BCUT2D eigenvalue weighted by atomic mass is 9.89. The number of ether oxygens (including phenoxy) is 3. The third-order valence-electron chi connectivity index (χ3n) is 4.85. The molecular weight excluding hydrogens is 360 g/mol. The normalized spacial score (nSPS) is 13.1. The van der Waals surface area contributed by atoms with Crippen molar-refractivity contribution in [2.24, 2.45) is 0 Å². The lowest BCUT2D eigenvalue weighted by Gasteiger charge is -2.39. The van der Waals surface area contributed by atoms with Crippen molar-refractivity contribution in [1.82, 2.24) is 0 Å². The van der Waals surface area contributed by atoms with E-state index in [4.69, 9.17) is 25.8 Å². The summed E-state index contributed by atoms with van der Waals surface area (Å²) in [6, 6.07) is 8.47. The Morgan fingerprint density at radius 2 is 1.30 bits per heavy atom. The van der Waals surface area contributed by atoms with Gasteiger partial charge in [-0.05, 0) is 38.3 Å². The lowest BCUT2D eigenvalue weighted by Crippen LogP contribution is -2.45. The van der Waals surface area contributed by atoms with Crippen molar-refractivity contribution in [3.63, 3.8) is 0 Å². The first-order chi connectivity index (χ1) is 13.2. The average Bonchev–Trinajstić information content (AvgIpc) is 2.68. The van der Waals surface area contributed by atoms with Crippen molar-refractivity contribution in [2.75, 3.05) is 19.8 Å². The van der Waals surface area contributed by atoms with E-state index in [1.54, 1.807) is 0 Å². The van der Waals surface area contributed by atoms with Crippen molar-refractivity contribution in [2.45, 2.75) is 90.4 Å². The summed E-state index contributed by atoms with van der Waals surface area (Å²) in [6.45, 7) is 9.87. The zero-order valence-electron chi connectivity index (χ0n) is 17.8. The van der Waals surface area contributed by atoms with E-state index in [1.807, 2.05) is 20.8 Å². The number of hydrogen-bond donors (Lipinski definition) is 0. The average molecular weight is 399 g/mol. The second kappa shape index (κ2) is 14.4. The molecular formula is C23H39ClO3. The largest absolute Gasteiger partial charge is 0.327 e. The van der Waals surface area contributed by atoms with Gasteiger partial charge in [0.25, 0.3) is 5.97 Å². The zero-order valence-corrected chi connectivity index (χ0v) is 18.5. The van der Waals surface area contributed by atoms with Gasteiger partial charge in [0.15, 0.2) is 0 Å². The third-order valence-corrected chi connectivity index (χ3v) is 5.15. The lowest BCUT2D eigenvalue weighted by molar-refractivity contribution is -0.389. The zero-order chi connectivity index (χ0) is 20.0. The van der Waals surface area contributed by atoms with Crippen molar-refractivity contribution in [1.29, 1.82) is 0 Å². The first-order valence-corrected chi connectivity index (χ1v) is 11.3. The molecule has 1 rings (SSSR count). The second-order valence-electron chi connectivity index (χ2n) is 6.89. The fraction of sp³-hybridized carbons (Fsp3) is 0.739. The molecule has 0 bridgehead atoms. The molecule has 1 aromatic rings. The maximum Gasteiger partial charge on any atom is 0.290 e. The van der Waals surface area contributed by atoms with Gasteiger partial charge in [-0.25, -0.2) is 0 Å². The topological polar surface area (TPSA) is 27.7 Å².